The minimum Gasteiger partial charge on any atom is -0.497 e. The molecule has 0 bridgehead atoms. The molecular weight excluding hydrogens is 346 g/mol. The van der Waals surface area contributed by atoms with Crippen LogP contribution in [0.4, 0.5) is 0 Å². The van der Waals surface area contributed by atoms with Gasteiger partial charge in [-0.05, 0) is 42.0 Å². The van der Waals surface area contributed by atoms with Gasteiger partial charge in [0.15, 0.2) is 0 Å². The van der Waals surface area contributed by atoms with E-state index in [9.17, 15) is 4.79 Å². The van der Waals surface area contributed by atoms with Gasteiger partial charge in [0.1, 0.15) is 17.6 Å². The zero-order chi connectivity index (χ0) is 18.4. The first-order valence-electron chi connectivity index (χ1n) is 8.60. The van der Waals surface area contributed by atoms with Gasteiger partial charge in [0.25, 0.3) is 0 Å². The molecule has 0 aliphatic heterocycles. The average molecular weight is 369 g/mol. The summed E-state index contributed by atoms with van der Waals surface area (Å²) < 4.78 is 7.16. The molecule has 0 saturated carbocycles. The molecule has 5 nitrogen and oxygen atoms in total. The molecule has 1 unspecified atom stereocenters. The van der Waals surface area contributed by atoms with Crippen molar-refractivity contribution in [3.63, 3.8) is 0 Å². The largest absolute Gasteiger partial charge is 0.497 e. The highest BCUT2D eigenvalue weighted by Crippen LogP contribution is 2.23. The van der Waals surface area contributed by atoms with E-state index in [4.69, 9.17) is 4.74 Å². The van der Waals surface area contributed by atoms with Crippen LogP contribution in [0.25, 0.3) is 0 Å². The number of hydrogen-bond donors (Lipinski definition) is 1. The molecule has 2 aromatic heterocycles. The lowest BCUT2D eigenvalue weighted by atomic mass is 10.1. The van der Waals surface area contributed by atoms with Crippen LogP contribution in [0, 0.1) is 0 Å². The molecule has 3 aromatic rings. The lowest BCUT2D eigenvalue weighted by molar-refractivity contribution is -0.121. The van der Waals surface area contributed by atoms with Gasteiger partial charge in [0.2, 0.25) is 5.91 Å². The number of nitrogens with one attached hydrogen (secondary N) is 1. The van der Waals surface area contributed by atoms with Crippen molar-refractivity contribution in [3.8, 4) is 5.75 Å². The molecule has 1 N–H and O–H groups in total. The fraction of sp³-hybridized carbons (Fsp3) is 0.300. The monoisotopic (exact) mass is 369 g/mol. The first-order chi connectivity index (χ1) is 12.7. The molecule has 0 aliphatic rings. The zero-order valence-corrected chi connectivity index (χ0v) is 15.8. The second-order valence-corrected chi connectivity index (χ2v) is 7.14. The maximum atomic E-state index is 12.5. The second-order valence-electron chi connectivity index (χ2n) is 6.10. The van der Waals surface area contributed by atoms with Crippen LogP contribution in [0.2, 0.25) is 0 Å². The van der Waals surface area contributed by atoms with E-state index < -0.39 is 0 Å². The van der Waals surface area contributed by atoms with E-state index >= 15 is 0 Å². The van der Waals surface area contributed by atoms with Gasteiger partial charge in [-0.25, -0.2) is 4.98 Å². The molecule has 0 aliphatic carbocycles. The van der Waals surface area contributed by atoms with Gasteiger partial charge >= 0.3 is 0 Å². The maximum absolute atomic E-state index is 12.5. The number of imidazole rings is 1. The van der Waals surface area contributed by atoms with E-state index in [1.807, 2.05) is 48.1 Å². The van der Waals surface area contributed by atoms with E-state index in [0.29, 0.717) is 6.42 Å². The van der Waals surface area contributed by atoms with Crippen molar-refractivity contribution >= 4 is 17.2 Å². The predicted octanol–water partition coefficient (Wildman–Crippen LogP) is 3.72. The van der Waals surface area contributed by atoms with Gasteiger partial charge in [0.05, 0.1) is 7.11 Å². The van der Waals surface area contributed by atoms with Gasteiger partial charge in [0, 0.05) is 30.7 Å². The molecule has 0 saturated heterocycles. The van der Waals surface area contributed by atoms with Crippen molar-refractivity contribution in [2.75, 3.05) is 7.11 Å². The van der Waals surface area contributed by atoms with Gasteiger partial charge in [-0.2, -0.15) is 0 Å². The molecule has 1 atom stereocenters. The van der Waals surface area contributed by atoms with Crippen LogP contribution in [0.3, 0.4) is 0 Å². The van der Waals surface area contributed by atoms with Crippen LogP contribution >= 0.6 is 11.3 Å². The fourth-order valence-electron chi connectivity index (χ4n) is 2.86. The fourth-order valence-corrected chi connectivity index (χ4v) is 3.61. The Bertz CT molecular complexity index is 825. The van der Waals surface area contributed by atoms with Gasteiger partial charge in [-0.3, -0.25) is 4.79 Å². The number of nitrogens with zero attached hydrogens (tertiary/aromatic N) is 2. The summed E-state index contributed by atoms with van der Waals surface area (Å²) in [5.41, 5.74) is 0.978. The number of thiophene rings is 1. The van der Waals surface area contributed by atoms with Gasteiger partial charge in [-0.15, -0.1) is 11.3 Å². The summed E-state index contributed by atoms with van der Waals surface area (Å²) >= 11 is 1.73. The predicted molar refractivity (Wildman–Crippen MR) is 103 cm³/mol. The van der Waals surface area contributed by atoms with Crippen molar-refractivity contribution in [2.24, 2.45) is 7.05 Å². The van der Waals surface area contributed by atoms with Crippen LogP contribution in [0.5, 0.6) is 5.75 Å². The van der Waals surface area contributed by atoms with Crippen LogP contribution in [0.15, 0.2) is 54.2 Å². The lowest BCUT2D eigenvalue weighted by Gasteiger charge is -2.19. The number of carbonyl (C=O) groups excluding carboxylic acids is 1. The van der Waals surface area contributed by atoms with Crippen LogP contribution in [-0.4, -0.2) is 22.6 Å². The van der Waals surface area contributed by atoms with Crippen LogP contribution < -0.4 is 10.1 Å². The molecule has 6 heteroatoms. The number of aryl methyl sites for hydroxylation is 2. The van der Waals surface area contributed by atoms with E-state index in [2.05, 4.69) is 21.7 Å². The van der Waals surface area contributed by atoms with Crippen molar-refractivity contribution in [2.45, 2.75) is 25.3 Å². The second kappa shape index (κ2) is 8.67. The summed E-state index contributed by atoms with van der Waals surface area (Å²) in [7, 11) is 3.57. The number of benzene rings is 1. The highest BCUT2D eigenvalue weighted by atomic mass is 32.1. The first kappa shape index (κ1) is 18.2. The van der Waals surface area contributed by atoms with Crippen molar-refractivity contribution in [3.05, 3.63) is 70.4 Å². The Hall–Kier alpha value is -2.60. The van der Waals surface area contributed by atoms with E-state index in [1.54, 1.807) is 24.6 Å². The average Bonchev–Trinajstić information content (AvgIpc) is 3.32. The SMILES string of the molecule is COc1ccc(C(NC(=O)CCCc2cccs2)c2nccn2C)cc1. The number of hydrogen-bond acceptors (Lipinski definition) is 4. The summed E-state index contributed by atoms with van der Waals surface area (Å²) in [5, 5.41) is 5.20. The Balaban J connectivity index is 1.69. The summed E-state index contributed by atoms with van der Waals surface area (Å²) in [4.78, 5) is 18.3. The summed E-state index contributed by atoms with van der Waals surface area (Å²) in [6, 6.07) is 11.6. The summed E-state index contributed by atoms with van der Waals surface area (Å²) in [6.45, 7) is 0. The van der Waals surface area contributed by atoms with Crippen LogP contribution in [0.1, 0.15) is 35.1 Å². The summed E-state index contributed by atoms with van der Waals surface area (Å²) in [5.74, 6) is 1.63. The quantitative estimate of drug-likeness (QED) is 0.658. The Morgan fingerprint density at radius 1 is 1.31 bits per heavy atom. The third-order valence-electron chi connectivity index (χ3n) is 4.28. The maximum Gasteiger partial charge on any atom is 0.220 e. The minimum atomic E-state index is -0.282. The molecule has 1 aromatic carbocycles. The van der Waals surface area contributed by atoms with Crippen molar-refractivity contribution in [1.82, 2.24) is 14.9 Å². The minimum absolute atomic E-state index is 0.0328. The standard InChI is InChI=1S/C20H23N3O2S/c1-23-13-12-21-20(23)19(15-8-10-16(25-2)11-9-15)22-18(24)7-3-5-17-6-4-14-26-17/h4,6,8-14,19H,3,5,7H2,1-2H3,(H,22,24). The molecule has 26 heavy (non-hydrogen) atoms. The lowest BCUT2D eigenvalue weighted by Crippen LogP contribution is -2.31. The Morgan fingerprint density at radius 2 is 2.12 bits per heavy atom. The van der Waals surface area contributed by atoms with E-state index in [0.717, 1.165) is 30.0 Å². The molecule has 2 heterocycles. The first-order valence-corrected chi connectivity index (χ1v) is 9.48. The normalized spacial score (nSPS) is 11.9. The smallest absolute Gasteiger partial charge is 0.220 e. The number of rotatable bonds is 8. The van der Waals surface area contributed by atoms with Crippen molar-refractivity contribution in [1.29, 1.82) is 0 Å². The topological polar surface area (TPSA) is 56.1 Å². The highest BCUT2D eigenvalue weighted by Gasteiger charge is 2.20. The third-order valence-corrected chi connectivity index (χ3v) is 5.21. The molecule has 136 valence electrons. The van der Waals surface area contributed by atoms with E-state index in [-0.39, 0.29) is 11.9 Å². The number of ether oxygens (including phenoxy) is 1. The van der Waals surface area contributed by atoms with E-state index in [1.165, 1.54) is 4.88 Å². The van der Waals surface area contributed by atoms with Gasteiger partial charge in [-0.1, -0.05) is 18.2 Å². The number of amides is 1. The Morgan fingerprint density at radius 3 is 2.73 bits per heavy atom. The number of methoxy groups -OCH3 is 1. The Labute approximate surface area is 157 Å². The molecule has 1 amide bonds. The Kier molecular flexibility index (Phi) is 6.07. The highest BCUT2D eigenvalue weighted by molar-refractivity contribution is 7.09. The molecule has 3 rings (SSSR count). The van der Waals surface area contributed by atoms with Crippen molar-refractivity contribution < 1.29 is 9.53 Å². The summed E-state index contributed by atoms with van der Waals surface area (Å²) in [6.07, 6.45) is 5.89. The van der Waals surface area contributed by atoms with Crippen LogP contribution in [-0.2, 0) is 18.3 Å². The number of carbonyl (C=O) groups is 1. The molecule has 0 radical (unpaired) electrons. The number of aromatic nitrogens is 2. The third kappa shape index (κ3) is 4.52. The molecular formula is C20H23N3O2S. The molecule has 0 fully saturated rings. The van der Waals surface area contributed by atoms with Gasteiger partial charge < -0.3 is 14.6 Å². The zero-order valence-electron chi connectivity index (χ0n) is 15.0. The molecule has 0 spiro atoms.